The summed E-state index contributed by atoms with van der Waals surface area (Å²) < 4.78 is 0. The number of amides is 1. The molecular formula is C26H31N9O. The van der Waals surface area contributed by atoms with E-state index in [9.17, 15) is 4.79 Å². The van der Waals surface area contributed by atoms with Crippen molar-refractivity contribution in [3.8, 4) is 6.07 Å². The number of rotatable bonds is 9. The van der Waals surface area contributed by atoms with Gasteiger partial charge in [0.25, 0.3) is 0 Å². The summed E-state index contributed by atoms with van der Waals surface area (Å²) in [5.41, 5.74) is 3.61. The van der Waals surface area contributed by atoms with Gasteiger partial charge in [-0.2, -0.15) is 10.2 Å². The lowest BCUT2D eigenvalue weighted by Gasteiger charge is -2.27. The van der Waals surface area contributed by atoms with Crippen LogP contribution in [0.5, 0.6) is 0 Å². The Morgan fingerprint density at radius 2 is 1.86 bits per heavy atom. The van der Waals surface area contributed by atoms with Crippen molar-refractivity contribution in [2.45, 2.75) is 19.0 Å². The Labute approximate surface area is 211 Å². The third-order valence-corrected chi connectivity index (χ3v) is 5.94. The van der Waals surface area contributed by atoms with Crippen molar-refractivity contribution >= 4 is 23.5 Å². The number of hydrogen-bond acceptors (Lipinski definition) is 9. The number of carbonyl (C=O) groups is 1. The van der Waals surface area contributed by atoms with E-state index in [4.69, 9.17) is 5.26 Å². The van der Waals surface area contributed by atoms with Gasteiger partial charge in [0.1, 0.15) is 12.4 Å². The van der Waals surface area contributed by atoms with E-state index in [1.807, 2.05) is 24.3 Å². The van der Waals surface area contributed by atoms with Crippen LogP contribution in [0.4, 0.5) is 17.6 Å². The average molecular weight is 486 g/mol. The normalized spacial score (nSPS) is 14.5. The van der Waals surface area contributed by atoms with E-state index in [1.165, 1.54) is 16.8 Å². The van der Waals surface area contributed by atoms with Gasteiger partial charge in [0.15, 0.2) is 0 Å². The van der Waals surface area contributed by atoms with Crippen LogP contribution in [-0.4, -0.2) is 77.0 Å². The number of hydrogen-bond donors (Lipinski definition) is 3. The Morgan fingerprint density at radius 3 is 2.58 bits per heavy atom. The van der Waals surface area contributed by atoms with Crippen molar-refractivity contribution in [2.75, 3.05) is 50.9 Å². The molecule has 4 rings (SSSR count). The smallest absolute Gasteiger partial charge is 0.244 e. The molecule has 1 aliphatic rings. The minimum absolute atomic E-state index is 0.102. The molecule has 36 heavy (non-hydrogen) atoms. The predicted molar refractivity (Wildman–Crippen MR) is 139 cm³/mol. The summed E-state index contributed by atoms with van der Waals surface area (Å²) >= 11 is 0. The van der Waals surface area contributed by atoms with Gasteiger partial charge < -0.3 is 20.9 Å². The Morgan fingerprint density at radius 1 is 1.11 bits per heavy atom. The second kappa shape index (κ2) is 12.1. The number of nitrogens with zero attached hydrogens (tertiary/aromatic N) is 6. The molecule has 0 bridgehead atoms. The van der Waals surface area contributed by atoms with Gasteiger partial charge in [-0.25, -0.2) is 9.97 Å². The summed E-state index contributed by atoms with van der Waals surface area (Å²) in [6, 6.07) is 16.9. The van der Waals surface area contributed by atoms with Crippen LogP contribution in [0, 0.1) is 11.3 Å². The van der Waals surface area contributed by atoms with Crippen LogP contribution in [0.25, 0.3) is 0 Å². The molecule has 1 aliphatic heterocycles. The molecule has 10 heteroatoms. The molecule has 186 valence electrons. The molecule has 1 aromatic heterocycles. The summed E-state index contributed by atoms with van der Waals surface area (Å²) in [5.74, 6) is 0.592. The zero-order chi connectivity index (χ0) is 25.3. The molecule has 0 spiro atoms. The van der Waals surface area contributed by atoms with E-state index in [-0.39, 0.29) is 5.91 Å². The first kappa shape index (κ1) is 25.0. The first-order valence-electron chi connectivity index (χ1n) is 11.9. The minimum atomic E-state index is -0.578. The molecule has 0 unspecified atom stereocenters. The molecular weight excluding hydrogens is 454 g/mol. The SMILES string of the molecule is CN(C)C(=O)[C@H](Cc1ccc(C#N)cc1)Nc1ncnc(Nc2cccc(CN3CCNCC3)c2)n1. The van der Waals surface area contributed by atoms with Gasteiger partial charge in [-0.05, 0) is 35.4 Å². The number of nitriles is 1. The first-order valence-corrected chi connectivity index (χ1v) is 11.9. The Kier molecular flexibility index (Phi) is 8.39. The van der Waals surface area contributed by atoms with Crippen LogP contribution in [0.2, 0.25) is 0 Å². The zero-order valence-electron chi connectivity index (χ0n) is 20.6. The maximum atomic E-state index is 12.9. The zero-order valence-corrected chi connectivity index (χ0v) is 20.6. The maximum absolute atomic E-state index is 12.9. The van der Waals surface area contributed by atoms with Crippen LogP contribution in [0.1, 0.15) is 16.7 Å². The molecule has 2 heterocycles. The van der Waals surface area contributed by atoms with E-state index < -0.39 is 6.04 Å². The Bertz CT molecular complexity index is 1200. The molecule has 1 fully saturated rings. The predicted octanol–water partition coefficient (Wildman–Crippen LogP) is 2.00. The fourth-order valence-electron chi connectivity index (χ4n) is 4.05. The lowest BCUT2D eigenvalue weighted by atomic mass is 10.0. The van der Waals surface area contributed by atoms with Crippen LogP contribution < -0.4 is 16.0 Å². The van der Waals surface area contributed by atoms with E-state index in [0.717, 1.165) is 44.0 Å². The van der Waals surface area contributed by atoms with Crippen LogP contribution >= 0.6 is 0 Å². The number of carbonyl (C=O) groups excluding carboxylic acids is 1. The van der Waals surface area contributed by atoms with Crippen LogP contribution in [0.3, 0.4) is 0 Å². The average Bonchev–Trinajstić information content (AvgIpc) is 2.89. The van der Waals surface area contributed by atoms with Crippen molar-refractivity contribution in [2.24, 2.45) is 0 Å². The van der Waals surface area contributed by atoms with Gasteiger partial charge in [-0.3, -0.25) is 9.69 Å². The monoisotopic (exact) mass is 485 g/mol. The largest absolute Gasteiger partial charge is 0.347 e. The fraction of sp³-hybridized carbons (Fsp3) is 0.346. The molecule has 1 atom stereocenters. The van der Waals surface area contributed by atoms with Crippen LogP contribution in [-0.2, 0) is 17.8 Å². The molecule has 3 aromatic rings. The van der Waals surface area contributed by atoms with Crippen molar-refractivity contribution in [3.05, 3.63) is 71.5 Å². The summed E-state index contributed by atoms with van der Waals surface area (Å²) in [6.45, 7) is 5.00. The highest BCUT2D eigenvalue weighted by Crippen LogP contribution is 2.18. The molecule has 0 radical (unpaired) electrons. The molecule has 3 N–H and O–H groups in total. The highest BCUT2D eigenvalue weighted by atomic mass is 16.2. The fourth-order valence-corrected chi connectivity index (χ4v) is 4.05. The standard InChI is InChI=1S/C26H31N9O/c1-34(2)24(36)23(15-19-6-8-20(16-27)9-7-19)32-26-30-18-29-25(33-26)31-22-5-3-4-21(14-22)17-35-12-10-28-11-13-35/h3-9,14,18,23,28H,10-13,15,17H2,1-2H3,(H2,29,30,31,32,33)/t23-/m0/s1. The lowest BCUT2D eigenvalue weighted by Crippen LogP contribution is -2.42. The van der Waals surface area contributed by atoms with Gasteiger partial charge in [-0.15, -0.1) is 0 Å². The highest BCUT2D eigenvalue weighted by molar-refractivity contribution is 5.84. The van der Waals surface area contributed by atoms with Crippen molar-refractivity contribution in [1.29, 1.82) is 5.26 Å². The summed E-state index contributed by atoms with van der Waals surface area (Å²) in [6.07, 6.45) is 1.84. The van der Waals surface area contributed by atoms with E-state index in [2.05, 4.69) is 54.0 Å². The summed E-state index contributed by atoms with van der Waals surface area (Å²) in [4.78, 5) is 29.8. The molecule has 2 aromatic carbocycles. The third kappa shape index (κ3) is 6.97. The molecule has 0 aliphatic carbocycles. The Hall–Kier alpha value is -4.07. The Balaban J connectivity index is 1.45. The number of benzene rings is 2. The number of piperazine rings is 1. The van der Waals surface area contributed by atoms with Gasteiger partial charge in [-0.1, -0.05) is 24.3 Å². The van der Waals surface area contributed by atoms with Crippen molar-refractivity contribution < 1.29 is 4.79 Å². The topological polar surface area (TPSA) is 122 Å². The number of nitrogens with one attached hydrogen (secondary N) is 3. The second-order valence-corrected chi connectivity index (χ2v) is 8.93. The summed E-state index contributed by atoms with van der Waals surface area (Å²) in [7, 11) is 3.42. The van der Waals surface area contributed by atoms with Crippen molar-refractivity contribution in [1.82, 2.24) is 30.1 Å². The van der Waals surface area contributed by atoms with Gasteiger partial charge in [0.2, 0.25) is 17.8 Å². The maximum Gasteiger partial charge on any atom is 0.244 e. The molecule has 1 amide bonds. The van der Waals surface area contributed by atoms with Crippen molar-refractivity contribution in [3.63, 3.8) is 0 Å². The lowest BCUT2D eigenvalue weighted by molar-refractivity contribution is -0.129. The van der Waals surface area contributed by atoms with Crippen LogP contribution in [0.15, 0.2) is 54.9 Å². The second-order valence-electron chi connectivity index (χ2n) is 8.93. The minimum Gasteiger partial charge on any atom is -0.347 e. The van der Waals surface area contributed by atoms with E-state index in [0.29, 0.717) is 23.9 Å². The molecule has 10 nitrogen and oxygen atoms in total. The number of anilines is 3. The van der Waals surface area contributed by atoms with Gasteiger partial charge >= 0.3 is 0 Å². The van der Waals surface area contributed by atoms with Gasteiger partial charge in [0.05, 0.1) is 11.6 Å². The van der Waals surface area contributed by atoms with Gasteiger partial charge in [0, 0.05) is 58.9 Å². The molecule has 1 saturated heterocycles. The number of aromatic nitrogens is 3. The third-order valence-electron chi connectivity index (χ3n) is 5.94. The highest BCUT2D eigenvalue weighted by Gasteiger charge is 2.22. The molecule has 0 saturated carbocycles. The summed E-state index contributed by atoms with van der Waals surface area (Å²) in [5, 5.41) is 18.8. The van der Waals surface area contributed by atoms with E-state index >= 15 is 0 Å². The number of likely N-dealkylation sites (N-methyl/N-ethyl adjacent to an activating group) is 1. The van der Waals surface area contributed by atoms with E-state index in [1.54, 1.807) is 26.2 Å². The first-order chi connectivity index (χ1) is 17.5. The quantitative estimate of drug-likeness (QED) is 0.418.